The number of allylic oxidation sites excluding steroid dienone is 4. The number of hydrogen-bond acceptors (Lipinski definition) is 4. The lowest BCUT2D eigenvalue weighted by Crippen LogP contribution is -2.50. The molecule has 0 atom stereocenters. The van der Waals surface area contributed by atoms with Crippen LogP contribution in [0.25, 0.3) is 6.08 Å². The molecule has 0 spiro atoms. The molecule has 0 saturated carbocycles. The predicted molar refractivity (Wildman–Crippen MR) is 98.4 cm³/mol. The minimum Gasteiger partial charge on any atom is -0.480 e. The van der Waals surface area contributed by atoms with Gasteiger partial charge in [-0.2, -0.15) is 0 Å². The highest BCUT2D eigenvalue weighted by atomic mass is 16.4. The number of fused-ring (bicyclic) bond motifs is 2. The van der Waals surface area contributed by atoms with E-state index in [1.165, 1.54) is 11.1 Å². The lowest BCUT2D eigenvalue weighted by Gasteiger charge is -2.36. The Morgan fingerprint density at radius 1 is 1.16 bits per heavy atom. The molecule has 0 amide bonds. The van der Waals surface area contributed by atoms with Gasteiger partial charge in [-0.3, -0.25) is 9.69 Å². The topological polar surface area (TPSA) is 56.1 Å². The lowest BCUT2D eigenvalue weighted by atomic mass is 10.00. The van der Waals surface area contributed by atoms with Crippen LogP contribution in [0.2, 0.25) is 0 Å². The van der Waals surface area contributed by atoms with E-state index < -0.39 is 5.97 Å². The molecule has 1 aromatic carbocycles. The summed E-state index contributed by atoms with van der Waals surface area (Å²) < 4.78 is 0. The molecule has 2 heterocycles. The molecule has 0 bridgehead atoms. The van der Waals surface area contributed by atoms with Crippen LogP contribution in [0.15, 0.2) is 58.8 Å². The number of piperazine rings is 1. The molecule has 25 heavy (non-hydrogen) atoms. The second kappa shape index (κ2) is 6.69. The number of carbonyl (C=O) groups is 1. The van der Waals surface area contributed by atoms with Gasteiger partial charge in [-0.1, -0.05) is 36.4 Å². The van der Waals surface area contributed by atoms with Gasteiger partial charge < -0.3 is 10.0 Å². The third kappa shape index (κ3) is 3.28. The van der Waals surface area contributed by atoms with Crippen molar-refractivity contribution in [3.05, 3.63) is 64.9 Å². The van der Waals surface area contributed by atoms with Gasteiger partial charge in [0.15, 0.2) is 0 Å². The van der Waals surface area contributed by atoms with Crippen molar-refractivity contribution in [2.24, 2.45) is 4.99 Å². The van der Waals surface area contributed by atoms with Crippen molar-refractivity contribution < 1.29 is 9.90 Å². The first-order valence-electron chi connectivity index (χ1n) is 8.66. The Morgan fingerprint density at radius 3 is 2.76 bits per heavy atom. The highest BCUT2D eigenvalue weighted by Crippen LogP contribution is 2.30. The number of carboxylic acid groups (broad SMARTS) is 1. The number of hydrogen-bond donors (Lipinski definition) is 1. The molecule has 128 valence electrons. The summed E-state index contributed by atoms with van der Waals surface area (Å²) in [6, 6.07) is 8.38. The van der Waals surface area contributed by atoms with E-state index in [1.807, 2.05) is 4.90 Å². The predicted octanol–water partition coefficient (Wildman–Crippen LogP) is 2.38. The summed E-state index contributed by atoms with van der Waals surface area (Å²) in [5, 5.41) is 8.98. The third-order valence-electron chi connectivity index (χ3n) is 4.85. The average molecular weight is 335 g/mol. The second-order valence-electron chi connectivity index (χ2n) is 6.53. The number of aliphatic carboxylic acids is 1. The smallest absolute Gasteiger partial charge is 0.317 e. The molecule has 1 fully saturated rings. The lowest BCUT2D eigenvalue weighted by molar-refractivity contribution is -0.138. The number of amidine groups is 1. The van der Waals surface area contributed by atoms with Crippen LogP contribution in [0.3, 0.4) is 0 Å². The van der Waals surface area contributed by atoms with Crippen LogP contribution < -0.4 is 0 Å². The Hall–Kier alpha value is -2.66. The van der Waals surface area contributed by atoms with Gasteiger partial charge in [0.2, 0.25) is 0 Å². The standard InChI is InChI=1S/C20H21N3O2/c24-19(25)14-22-9-11-23(12-10-22)20-17-7-3-1-5-15(17)13-16-6-2-4-8-18(16)21-20/h1-5,7-8,13H,6,9-12,14H2,(H,24,25). The Bertz CT molecular complexity index is 812. The summed E-state index contributed by atoms with van der Waals surface area (Å²) in [5.74, 6) is 0.233. The van der Waals surface area contributed by atoms with Crippen molar-refractivity contribution in [2.75, 3.05) is 32.7 Å². The van der Waals surface area contributed by atoms with Crippen LogP contribution in [0.4, 0.5) is 0 Å². The molecule has 1 N–H and O–H groups in total. The van der Waals surface area contributed by atoms with Gasteiger partial charge in [0.25, 0.3) is 0 Å². The number of carboxylic acids is 1. The van der Waals surface area contributed by atoms with E-state index in [1.54, 1.807) is 0 Å². The van der Waals surface area contributed by atoms with Crippen molar-refractivity contribution in [2.45, 2.75) is 6.42 Å². The summed E-state index contributed by atoms with van der Waals surface area (Å²) >= 11 is 0. The Kier molecular flexibility index (Phi) is 4.24. The van der Waals surface area contributed by atoms with E-state index >= 15 is 0 Å². The highest BCUT2D eigenvalue weighted by molar-refractivity contribution is 6.04. The summed E-state index contributed by atoms with van der Waals surface area (Å²) in [6.07, 6.45) is 9.44. The molecular weight excluding hydrogens is 314 g/mol. The minimum atomic E-state index is -0.765. The Labute approximate surface area is 147 Å². The molecular formula is C20H21N3O2. The SMILES string of the molecule is O=C(O)CN1CCN(C2=NC3=CC=CCC3=Cc3ccccc32)CC1. The number of benzene rings is 1. The molecule has 0 aromatic heterocycles. The minimum absolute atomic E-state index is 0.110. The zero-order chi connectivity index (χ0) is 17.2. The molecule has 2 aliphatic heterocycles. The van der Waals surface area contributed by atoms with Crippen molar-refractivity contribution in [3.8, 4) is 0 Å². The highest BCUT2D eigenvalue weighted by Gasteiger charge is 2.25. The van der Waals surface area contributed by atoms with Crippen LogP contribution in [0, 0.1) is 0 Å². The van der Waals surface area contributed by atoms with E-state index in [-0.39, 0.29) is 6.54 Å². The van der Waals surface area contributed by atoms with Gasteiger partial charge in [0.1, 0.15) is 5.84 Å². The fraction of sp³-hybridized carbons (Fsp3) is 0.300. The fourth-order valence-electron chi connectivity index (χ4n) is 3.55. The first-order valence-corrected chi connectivity index (χ1v) is 8.66. The van der Waals surface area contributed by atoms with Gasteiger partial charge in [0.05, 0.1) is 12.2 Å². The Morgan fingerprint density at radius 2 is 1.96 bits per heavy atom. The van der Waals surface area contributed by atoms with Crippen LogP contribution in [-0.2, 0) is 4.79 Å². The maximum Gasteiger partial charge on any atom is 0.317 e. The molecule has 5 nitrogen and oxygen atoms in total. The summed E-state index contributed by atoms with van der Waals surface area (Å²) in [6.45, 7) is 3.18. The first-order chi connectivity index (χ1) is 12.2. The first kappa shape index (κ1) is 15.8. The molecule has 1 aromatic rings. The van der Waals surface area contributed by atoms with Crippen LogP contribution >= 0.6 is 0 Å². The van der Waals surface area contributed by atoms with Crippen LogP contribution in [-0.4, -0.2) is 59.4 Å². The fourth-order valence-corrected chi connectivity index (χ4v) is 3.55. The zero-order valence-corrected chi connectivity index (χ0v) is 14.1. The van der Waals surface area contributed by atoms with Crippen molar-refractivity contribution >= 4 is 17.9 Å². The quantitative estimate of drug-likeness (QED) is 0.901. The van der Waals surface area contributed by atoms with Crippen LogP contribution in [0.5, 0.6) is 0 Å². The van der Waals surface area contributed by atoms with E-state index in [0.29, 0.717) is 0 Å². The molecule has 0 radical (unpaired) electrons. The molecule has 0 unspecified atom stereocenters. The normalized spacial score (nSPS) is 20.0. The van der Waals surface area contributed by atoms with Gasteiger partial charge in [-0.05, 0) is 29.7 Å². The number of rotatable bonds is 2. The molecule has 5 heteroatoms. The summed E-state index contributed by atoms with van der Waals surface area (Å²) in [4.78, 5) is 20.2. The second-order valence-corrected chi connectivity index (χ2v) is 6.53. The van der Waals surface area contributed by atoms with Crippen molar-refractivity contribution in [1.82, 2.24) is 9.80 Å². The maximum absolute atomic E-state index is 10.9. The Balaban J connectivity index is 1.65. The molecule has 3 aliphatic rings. The summed E-state index contributed by atoms with van der Waals surface area (Å²) in [7, 11) is 0. The largest absolute Gasteiger partial charge is 0.480 e. The van der Waals surface area contributed by atoms with E-state index in [4.69, 9.17) is 10.1 Å². The number of aliphatic imine (C=N–C) groups is 1. The van der Waals surface area contributed by atoms with Gasteiger partial charge in [-0.15, -0.1) is 0 Å². The molecule has 4 rings (SSSR count). The van der Waals surface area contributed by atoms with Crippen LogP contribution in [0.1, 0.15) is 17.5 Å². The van der Waals surface area contributed by atoms with Crippen molar-refractivity contribution in [1.29, 1.82) is 0 Å². The summed E-state index contributed by atoms with van der Waals surface area (Å²) in [5.41, 5.74) is 4.62. The third-order valence-corrected chi connectivity index (χ3v) is 4.85. The maximum atomic E-state index is 10.9. The zero-order valence-electron chi connectivity index (χ0n) is 14.1. The molecule has 1 saturated heterocycles. The molecule has 1 aliphatic carbocycles. The van der Waals surface area contributed by atoms with E-state index in [0.717, 1.165) is 49.7 Å². The van der Waals surface area contributed by atoms with Gasteiger partial charge >= 0.3 is 5.97 Å². The number of nitrogens with zero attached hydrogens (tertiary/aromatic N) is 3. The average Bonchev–Trinajstić information content (AvgIpc) is 2.78. The van der Waals surface area contributed by atoms with E-state index in [2.05, 4.69) is 53.5 Å². The van der Waals surface area contributed by atoms with Crippen molar-refractivity contribution in [3.63, 3.8) is 0 Å². The van der Waals surface area contributed by atoms with Gasteiger partial charge in [-0.25, -0.2) is 4.99 Å². The van der Waals surface area contributed by atoms with E-state index in [9.17, 15) is 4.79 Å². The monoisotopic (exact) mass is 335 g/mol. The van der Waals surface area contributed by atoms with Gasteiger partial charge in [0, 0.05) is 31.7 Å².